The molecular weight excluding hydrogens is 369 g/mol. The number of nitrogens with one attached hydrogen (secondary N) is 2. The van der Waals surface area contributed by atoms with Crippen LogP contribution in [0.4, 0.5) is 0 Å². The smallest absolute Gasteiger partial charge is 0.124 e. The van der Waals surface area contributed by atoms with E-state index in [4.69, 9.17) is 27.9 Å². The van der Waals surface area contributed by atoms with Gasteiger partial charge in [-0.15, -0.1) is 0 Å². The van der Waals surface area contributed by atoms with Crippen LogP contribution < -0.4 is 15.4 Å². The average molecular weight is 394 g/mol. The molecule has 0 amide bonds. The Labute approximate surface area is 165 Å². The third-order valence-electron chi connectivity index (χ3n) is 4.46. The van der Waals surface area contributed by atoms with Gasteiger partial charge in [-0.05, 0) is 35.9 Å². The molecule has 0 unspecified atom stereocenters. The van der Waals surface area contributed by atoms with E-state index in [-0.39, 0.29) is 0 Å². The van der Waals surface area contributed by atoms with E-state index in [9.17, 15) is 0 Å². The molecular formula is C20H25Cl2N3O. The van der Waals surface area contributed by atoms with Crippen LogP contribution in [0, 0.1) is 0 Å². The summed E-state index contributed by atoms with van der Waals surface area (Å²) < 4.78 is 6.00. The average Bonchev–Trinajstić information content (AvgIpc) is 2.67. The molecule has 0 radical (unpaired) electrons. The second-order valence-corrected chi connectivity index (χ2v) is 7.31. The Morgan fingerprint density at radius 1 is 1.00 bits per heavy atom. The number of piperazine rings is 1. The Balaban J connectivity index is 1.50. The molecule has 0 bridgehead atoms. The van der Waals surface area contributed by atoms with Crippen LogP contribution >= 0.6 is 23.2 Å². The Hall–Kier alpha value is -1.30. The maximum absolute atomic E-state index is 6.17. The monoisotopic (exact) mass is 393 g/mol. The van der Waals surface area contributed by atoms with E-state index in [0.29, 0.717) is 6.61 Å². The van der Waals surface area contributed by atoms with Gasteiger partial charge in [-0.25, -0.2) is 0 Å². The standard InChI is InChI=1S/C20H25Cl2N3O/c21-18-3-1-16(2-4-18)15-26-20-6-5-19(22)13-17(20)14-24-9-12-25-10-7-23-8-11-25/h1-6,13,23-24H,7-12,14-15H2. The molecule has 26 heavy (non-hydrogen) atoms. The van der Waals surface area contributed by atoms with Crippen molar-refractivity contribution in [1.29, 1.82) is 0 Å². The summed E-state index contributed by atoms with van der Waals surface area (Å²) in [4.78, 5) is 2.47. The van der Waals surface area contributed by atoms with Gasteiger partial charge < -0.3 is 15.4 Å². The molecule has 0 atom stereocenters. The summed E-state index contributed by atoms with van der Waals surface area (Å²) in [6.07, 6.45) is 0. The number of ether oxygens (including phenoxy) is 1. The van der Waals surface area contributed by atoms with E-state index >= 15 is 0 Å². The largest absolute Gasteiger partial charge is 0.489 e. The first-order chi connectivity index (χ1) is 12.7. The van der Waals surface area contributed by atoms with Crippen LogP contribution in [0.15, 0.2) is 42.5 Å². The van der Waals surface area contributed by atoms with Gasteiger partial charge in [-0.2, -0.15) is 0 Å². The number of nitrogens with zero attached hydrogens (tertiary/aromatic N) is 1. The van der Waals surface area contributed by atoms with Gasteiger partial charge in [0.25, 0.3) is 0 Å². The van der Waals surface area contributed by atoms with Crippen molar-refractivity contribution in [3.05, 3.63) is 63.6 Å². The molecule has 1 heterocycles. The van der Waals surface area contributed by atoms with Crippen LogP contribution in [-0.4, -0.2) is 44.2 Å². The zero-order valence-corrected chi connectivity index (χ0v) is 16.3. The minimum atomic E-state index is 0.507. The van der Waals surface area contributed by atoms with Gasteiger partial charge in [-0.1, -0.05) is 35.3 Å². The molecule has 2 aromatic rings. The highest BCUT2D eigenvalue weighted by Gasteiger charge is 2.09. The summed E-state index contributed by atoms with van der Waals surface area (Å²) in [7, 11) is 0. The molecule has 0 aliphatic carbocycles. The highest BCUT2D eigenvalue weighted by Crippen LogP contribution is 2.24. The first-order valence-electron chi connectivity index (χ1n) is 9.00. The van der Waals surface area contributed by atoms with Crippen molar-refractivity contribution < 1.29 is 4.74 Å². The third-order valence-corrected chi connectivity index (χ3v) is 4.95. The molecule has 0 saturated carbocycles. The van der Waals surface area contributed by atoms with Gasteiger partial charge in [0.05, 0.1) is 0 Å². The first-order valence-corrected chi connectivity index (χ1v) is 9.76. The van der Waals surface area contributed by atoms with Crippen LogP contribution in [-0.2, 0) is 13.2 Å². The van der Waals surface area contributed by atoms with E-state index in [2.05, 4.69) is 15.5 Å². The molecule has 4 nitrogen and oxygen atoms in total. The number of rotatable bonds is 8. The maximum atomic E-state index is 6.17. The lowest BCUT2D eigenvalue weighted by atomic mass is 10.2. The molecule has 3 rings (SSSR count). The minimum absolute atomic E-state index is 0.507. The summed E-state index contributed by atoms with van der Waals surface area (Å²) >= 11 is 12.1. The molecule has 6 heteroatoms. The van der Waals surface area contributed by atoms with Crippen molar-refractivity contribution in [3.8, 4) is 5.75 Å². The summed E-state index contributed by atoms with van der Waals surface area (Å²) in [6, 6.07) is 13.5. The summed E-state index contributed by atoms with van der Waals surface area (Å²) in [6.45, 7) is 7.65. The Morgan fingerprint density at radius 3 is 2.50 bits per heavy atom. The fraction of sp³-hybridized carbons (Fsp3) is 0.400. The lowest BCUT2D eigenvalue weighted by molar-refractivity contribution is 0.240. The number of hydrogen-bond acceptors (Lipinski definition) is 4. The van der Waals surface area contributed by atoms with Crippen molar-refractivity contribution in [2.45, 2.75) is 13.2 Å². The second-order valence-electron chi connectivity index (χ2n) is 6.44. The highest BCUT2D eigenvalue weighted by atomic mass is 35.5. The Kier molecular flexibility index (Phi) is 7.59. The van der Waals surface area contributed by atoms with Crippen LogP contribution in [0.5, 0.6) is 5.75 Å². The van der Waals surface area contributed by atoms with Gasteiger partial charge in [-0.3, -0.25) is 4.90 Å². The van der Waals surface area contributed by atoms with Gasteiger partial charge in [0.2, 0.25) is 0 Å². The van der Waals surface area contributed by atoms with Gasteiger partial charge in [0.1, 0.15) is 12.4 Å². The summed E-state index contributed by atoms with van der Waals surface area (Å²) in [5.74, 6) is 0.860. The molecule has 1 aliphatic heterocycles. The van der Waals surface area contributed by atoms with Crippen LogP contribution in [0.25, 0.3) is 0 Å². The quantitative estimate of drug-likeness (QED) is 0.672. The SMILES string of the molecule is Clc1ccc(COc2ccc(Cl)cc2CNCCN2CCNCC2)cc1. The van der Waals surface area contributed by atoms with E-state index in [1.807, 2.05) is 42.5 Å². The minimum Gasteiger partial charge on any atom is -0.489 e. The Morgan fingerprint density at radius 2 is 1.73 bits per heavy atom. The Bertz CT molecular complexity index is 688. The van der Waals surface area contributed by atoms with E-state index in [0.717, 1.165) is 72.7 Å². The van der Waals surface area contributed by atoms with Crippen molar-refractivity contribution in [2.75, 3.05) is 39.3 Å². The van der Waals surface area contributed by atoms with Crippen molar-refractivity contribution in [1.82, 2.24) is 15.5 Å². The van der Waals surface area contributed by atoms with E-state index in [1.54, 1.807) is 0 Å². The zero-order valence-electron chi connectivity index (χ0n) is 14.8. The van der Waals surface area contributed by atoms with Crippen molar-refractivity contribution in [2.24, 2.45) is 0 Å². The lowest BCUT2D eigenvalue weighted by Gasteiger charge is -2.27. The fourth-order valence-corrected chi connectivity index (χ4v) is 3.28. The van der Waals surface area contributed by atoms with Crippen molar-refractivity contribution in [3.63, 3.8) is 0 Å². The fourth-order valence-electron chi connectivity index (χ4n) is 2.96. The van der Waals surface area contributed by atoms with Crippen LogP contribution in [0.1, 0.15) is 11.1 Å². The molecule has 1 aliphatic rings. The van der Waals surface area contributed by atoms with Gasteiger partial charge in [0, 0.05) is 61.4 Å². The molecule has 1 saturated heterocycles. The number of benzene rings is 2. The summed E-state index contributed by atoms with van der Waals surface area (Å²) in [5.41, 5.74) is 2.16. The van der Waals surface area contributed by atoms with Gasteiger partial charge in [0.15, 0.2) is 0 Å². The van der Waals surface area contributed by atoms with E-state index < -0.39 is 0 Å². The highest BCUT2D eigenvalue weighted by molar-refractivity contribution is 6.30. The molecule has 140 valence electrons. The maximum Gasteiger partial charge on any atom is 0.124 e. The first kappa shape index (κ1) is 19.5. The molecule has 1 fully saturated rings. The number of hydrogen-bond donors (Lipinski definition) is 2. The normalized spacial score (nSPS) is 15.2. The molecule has 0 aromatic heterocycles. The van der Waals surface area contributed by atoms with Crippen LogP contribution in [0.3, 0.4) is 0 Å². The van der Waals surface area contributed by atoms with E-state index in [1.165, 1.54) is 0 Å². The topological polar surface area (TPSA) is 36.5 Å². The second kappa shape index (κ2) is 10.1. The molecule has 2 N–H and O–H groups in total. The molecule has 0 spiro atoms. The van der Waals surface area contributed by atoms with Crippen molar-refractivity contribution >= 4 is 23.2 Å². The molecule has 2 aromatic carbocycles. The van der Waals surface area contributed by atoms with Gasteiger partial charge >= 0.3 is 0 Å². The third kappa shape index (κ3) is 6.15. The van der Waals surface area contributed by atoms with Crippen LogP contribution in [0.2, 0.25) is 10.0 Å². The number of halogens is 2. The summed E-state index contributed by atoms with van der Waals surface area (Å²) in [5, 5.41) is 8.33. The predicted molar refractivity (Wildman–Crippen MR) is 108 cm³/mol. The lowest BCUT2D eigenvalue weighted by Crippen LogP contribution is -2.45. The zero-order chi connectivity index (χ0) is 18.2. The predicted octanol–water partition coefficient (Wildman–Crippen LogP) is 3.57.